The molecule has 0 heterocycles. The van der Waals surface area contributed by atoms with Gasteiger partial charge < -0.3 is 23.3 Å². The van der Waals surface area contributed by atoms with Gasteiger partial charge in [-0.3, -0.25) is 0 Å². The highest BCUT2D eigenvalue weighted by Crippen LogP contribution is 2.17. The molecule has 0 radical (unpaired) electrons. The van der Waals surface area contributed by atoms with Crippen molar-refractivity contribution in [1.29, 1.82) is 0 Å². The van der Waals surface area contributed by atoms with E-state index in [0.717, 1.165) is 19.0 Å². The molecule has 0 aromatic rings. The summed E-state index contributed by atoms with van der Waals surface area (Å²) in [5.74, 6) is 0. The van der Waals surface area contributed by atoms with Crippen LogP contribution in [0.5, 0.6) is 0 Å². The summed E-state index contributed by atoms with van der Waals surface area (Å²) in [5.41, 5.74) is 0. The largest absolute Gasteiger partial charge is 0.500 e. The molecule has 1 N–H and O–H groups in total. The zero-order chi connectivity index (χ0) is 13.9. The minimum atomic E-state index is -2.46. The second kappa shape index (κ2) is 10.9. The molecule has 110 valence electrons. The van der Waals surface area contributed by atoms with Gasteiger partial charge in [0.15, 0.2) is 0 Å². The van der Waals surface area contributed by atoms with Crippen molar-refractivity contribution >= 4 is 8.80 Å². The van der Waals surface area contributed by atoms with Crippen LogP contribution in [0.4, 0.5) is 0 Å². The van der Waals surface area contributed by atoms with E-state index in [-0.39, 0.29) is 6.10 Å². The third kappa shape index (κ3) is 7.45. The summed E-state index contributed by atoms with van der Waals surface area (Å²) in [4.78, 5) is 0. The molecule has 6 heteroatoms. The zero-order valence-corrected chi connectivity index (χ0v) is 13.5. The lowest BCUT2D eigenvalue weighted by Gasteiger charge is -2.27. The second-order valence-corrected chi connectivity index (χ2v) is 6.95. The molecule has 1 unspecified atom stereocenters. The molecular formula is C12H29NO4Si. The van der Waals surface area contributed by atoms with Crippen LogP contribution in [0.2, 0.25) is 6.04 Å². The molecule has 0 rings (SSSR count). The predicted molar refractivity (Wildman–Crippen MR) is 74.8 cm³/mol. The second-order valence-electron chi connectivity index (χ2n) is 4.10. The van der Waals surface area contributed by atoms with Crippen LogP contribution < -0.4 is 5.32 Å². The first-order valence-corrected chi connectivity index (χ1v) is 8.66. The Balaban J connectivity index is 3.95. The minimum absolute atomic E-state index is 0.229. The van der Waals surface area contributed by atoms with Crippen molar-refractivity contribution in [2.24, 2.45) is 0 Å². The van der Waals surface area contributed by atoms with E-state index in [9.17, 15) is 0 Å². The van der Waals surface area contributed by atoms with E-state index in [1.165, 1.54) is 0 Å². The van der Waals surface area contributed by atoms with E-state index in [2.05, 4.69) is 12.2 Å². The summed E-state index contributed by atoms with van der Waals surface area (Å²) in [6.07, 6.45) is 1.13. The molecule has 5 nitrogen and oxygen atoms in total. The quantitative estimate of drug-likeness (QED) is 0.435. The molecule has 0 aliphatic rings. The Kier molecular flexibility index (Phi) is 10.9. The van der Waals surface area contributed by atoms with E-state index in [1.54, 1.807) is 7.11 Å². The van der Waals surface area contributed by atoms with Crippen molar-refractivity contribution in [3.8, 4) is 0 Å². The maximum atomic E-state index is 5.70. The molecule has 0 amide bonds. The molecule has 0 fully saturated rings. The molecule has 0 spiro atoms. The van der Waals surface area contributed by atoms with Gasteiger partial charge in [0.05, 0.1) is 6.10 Å². The van der Waals surface area contributed by atoms with Crippen LogP contribution in [0.3, 0.4) is 0 Å². The minimum Gasteiger partial charge on any atom is -0.377 e. The smallest absolute Gasteiger partial charge is 0.377 e. The van der Waals surface area contributed by atoms with Gasteiger partial charge in [0.2, 0.25) is 0 Å². The van der Waals surface area contributed by atoms with Crippen molar-refractivity contribution in [1.82, 2.24) is 5.32 Å². The van der Waals surface area contributed by atoms with Crippen molar-refractivity contribution in [2.45, 2.75) is 39.3 Å². The molecule has 1 atom stereocenters. The van der Waals surface area contributed by atoms with Crippen molar-refractivity contribution in [3.05, 3.63) is 0 Å². The Morgan fingerprint density at radius 2 is 1.78 bits per heavy atom. The van der Waals surface area contributed by atoms with E-state index < -0.39 is 8.80 Å². The Labute approximate surface area is 113 Å². The SMILES string of the molecule is CCO[Si](CCCOC(C)CNC)(OC)OCC. The van der Waals surface area contributed by atoms with Gasteiger partial charge in [0.1, 0.15) is 0 Å². The standard InChI is InChI=1S/C12H29NO4Si/c1-6-16-18(14-5,17-7-2)10-8-9-15-12(3)11-13-4/h12-13H,6-11H2,1-5H3. The Bertz CT molecular complexity index is 189. The molecular weight excluding hydrogens is 250 g/mol. The lowest BCUT2D eigenvalue weighted by molar-refractivity contribution is 0.0567. The predicted octanol–water partition coefficient (Wildman–Crippen LogP) is 1.66. The van der Waals surface area contributed by atoms with Crippen molar-refractivity contribution in [3.63, 3.8) is 0 Å². The zero-order valence-electron chi connectivity index (χ0n) is 12.5. The third-order valence-electron chi connectivity index (χ3n) is 2.56. The van der Waals surface area contributed by atoms with Gasteiger partial charge in [-0.05, 0) is 34.2 Å². The van der Waals surface area contributed by atoms with Gasteiger partial charge in [-0.25, -0.2) is 0 Å². The van der Waals surface area contributed by atoms with E-state index in [0.29, 0.717) is 19.8 Å². The lowest BCUT2D eigenvalue weighted by atomic mass is 10.4. The van der Waals surface area contributed by atoms with Gasteiger partial charge >= 0.3 is 8.80 Å². The van der Waals surface area contributed by atoms with Crippen LogP contribution in [0.25, 0.3) is 0 Å². The highest BCUT2D eigenvalue weighted by atomic mass is 28.4. The molecule has 0 bridgehead atoms. The van der Waals surface area contributed by atoms with Gasteiger partial charge in [0.25, 0.3) is 0 Å². The van der Waals surface area contributed by atoms with Gasteiger partial charge in [-0.15, -0.1) is 0 Å². The van der Waals surface area contributed by atoms with Crippen molar-refractivity contribution < 1.29 is 18.0 Å². The molecule has 0 aromatic heterocycles. The Hall–Kier alpha value is 0.0169. The van der Waals surface area contributed by atoms with E-state index >= 15 is 0 Å². The van der Waals surface area contributed by atoms with Crippen LogP contribution in [0.15, 0.2) is 0 Å². The molecule has 0 aliphatic heterocycles. The van der Waals surface area contributed by atoms with Crippen LogP contribution in [0.1, 0.15) is 27.2 Å². The van der Waals surface area contributed by atoms with Crippen LogP contribution in [-0.2, 0) is 18.0 Å². The average molecular weight is 279 g/mol. The number of rotatable bonds is 12. The molecule has 0 saturated heterocycles. The van der Waals surface area contributed by atoms with Crippen LogP contribution in [0, 0.1) is 0 Å². The summed E-state index contributed by atoms with van der Waals surface area (Å²) >= 11 is 0. The first-order chi connectivity index (χ1) is 8.64. The fraction of sp³-hybridized carbons (Fsp3) is 1.00. The maximum absolute atomic E-state index is 5.70. The average Bonchev–Trinajstić information content (AvgIpc) is 2.35. The van der Waals surface area contributed by atoms with Gasteiger partial charge in [-0.1, -0.05) is 0 Å². The van der Waals surface area contributed by atoms with Crippen LogP contribution >= 0.6 is 0 Å². The molecule has 0 saturated carbocycles. The normalized spacial score (nSPS) is 13.8. The lowest BCUT2D eigenvalue weighted by Crippen LogP contribution is -2.45. The fourth-order valence-corrected chi connectivity index (χ4v) is 4.03. The fourth-order valence-electron chi connectivity index (χ4n) is 1.77. The molecule has 18 heavy (non-hydrogen) atoms. The number of hydrogen-bond acceptors (Lipinski definition) is 5. The first-order valence-electron chi connectivity index (χ1n) is 6.73. The molecule has 0 aliphatic carbocycles. The van der Waals surface area contributed by atoms with Gasteiger partial charge in [-0.2, -0.15) is 0 Å². The monoisotopic (exact) mass is 279 g/mol. The first kappa shape index (κ1) is 18.0. The third-order valence-corrected chi connectivity index (χ3v) is 5.61. The summed E-state index contributed by atoms with van der Waals surface area (Å²) in [5, 5.41) is 3.09. The van der Waals surface area contributed by atoms with Crippen LogP contribution in [-0.4, -0.2) is 55.4 Å². The summed E-state index contributed by atoms with van der Waals surface area (Å²) < 4.78 is 22.6. The number of nitrogens with one attached hydrogen (secondary N) is 1. The Morgan fingerprint density at radius 3 is 2.22 bits per heavy atom. The highest BCUT2D eigenvalue weighted by molar-refractivity contribution is 6.60. The number of likely N-dealkylation sites (N-methyl/N-ethyl adjacent to an activating group) is 1. The summed E-state index contributed by atoms with van der Waals surface area (Å²) in [7, 11) is 1.14. The summed E-state index contributed by atoms with van der Waals surface area (Å²) in [6, 6.07) is 0.803. The topological polar surface area (TPSA) is 49.0 Å². The number of ether oxygens (including phenoxy) is 1. The van der Waals surface area contributed by atoms with Crippen molar-refractivity contribution in [2.75, 3.05) is 40.5 Å². The summed E-state index contributed by atoms with van der Waals surface area (Å²) in [6.45, 7) is 8.80. The Morgan fingerprint density at radius 1 is 1.17 bits per heavy atom. The van der Waals surface area contributed by atoms with Gasteiger partial charge in [0, 0.05) is 39.5 Å². The number of hydrogen-bond donors (Lipinski definition) is 1. The van der Waals surface area contributed by atoms with E-state index in [1.807, 2.05) is 20.9 Å². The van der Waals surface area contributed by atoms with E-state index in [4.69, 9.17) is 18.0 Å². The molecule has 0 aromatic carbocycles. The maximum Gasteiger partial charge on any atom is 0.500 e. The highest BCUT2D eigenvalue weighted by Gasteiger charge is 2.38.